The number of hydrogen-bond acceptors (Lipinski definition) is 2. The number of H-pyrrole nitrogens is 1. The lowest BCUT2D eigenvalue weighted by molar-refractivity contribution is -0.125. The highest BCUT2D eigenvalue weighted by molar-refractivity contribution is 5.83. The van der Waals surface area contributed by atoms with Crippen molar-refractivity contribution in [3.05, 3.63) is 35.8 Å². The summed E-state index contributed by atoms with van der Waals surface area (Å²) >= 11 is 0. The van der Waals surface area contributed by atoms with Gasteiger partial charge in [0, 0.05) is 54.7 Å². The molecule has 0 bridgehead atoms. The van der Waals surface area contributed by atoms with Gasteiger partial charge in [0.1, 0.15) is 5.82 Å². The summed E-state index contributed by atoms with van der Waals surface area (Å²) in [6, 6.07) is 5.39. The van der Waals surface area contributed by atoms with E-state index in [1.54, 1.807) is 6.07 Å². The van der Waals surface area contributed by atoms with Crippen molar-refractivity contribution in [2.45, 2.75) is 50.7 Å². The van der Waals surface area contributed by atoms with Gasteiger partial charge in [0.25, 0.3) is 0 Å². The lowest BCUT2D eigenvalue weighted by atomic mass is 9.54. The molecule has 2 heterocycles. The van der Waals surface area contributed by atoms with Crippen molar-refractivity contribution in [1.29, 1.82) is 0 Å². The second-order valence-corrected chi connectivity index (χ2v) is 8.56. The van der Waals surface area contributed by atoms with Crippen LogP contribution in [0.3, 0.4) is 0 Å². The van der Waals surface area contributed by atoms with Crippen molar-refractivity contribution in [2.24, 2.45) is 16.3 Å². The predicted molar refractivity (Wildman–Crippen MR) is 109 cm³/mol. The zero-order valence-corrected chi connectivity index (χ0v) is 16.4. The van der Waals surface area contributed by atoms with Crippen molar-refractivity contribution in [1.82, 2.24) is 15.6 Å². The molecule has 2 aliphatic carbocycles. The highest BCUT2D eigenvalue weighted by Crippen LogP contribution is 2.60. The molecule has 150 valence electrons. The number of benzene rings is 1. The van der Waals surface area contributed by atoms with Crippen LogP contribution in [0.4, 0.5) is 4.39 Å². The van der Waals surface area contributed by atoms with Crippen LogP contribution in [0.25, 0.3) is 10.9 Å². The summed E-state index contributed by atoms with van der Waals surface area (Å²) in [4.78, 5) is 7.63. The van der Waals surface area contributed by atoms with Crippen LogP contribution < -0.4 is 10.6 Å². The fourth-order valence-electron chi connectivity index (χ4n) is 5.93. The van der Waals surface area contributed by atoms with E-state index in [-0.39, 0.29) is 5.82 Å². The summed E-state index contributed by atoms with van der Waals surface area (Å²) in [7, 11) is 1.84. The first-order valence-electron chi connectivity index (χ1n) is 10.6. The smallest absolute Gasteiger partial charge is 0.191 e. The van der Waals surface area contributed by atoms with Gasteiger partial charge in [-0.25, -0.2) is 4.39 Å². The molecule has 5 rings (SSSR count). The van der Waals surface area contributed by atoms with Gasteiger partial charge in [0.15, 0.2) is 5.96 Å². The minimum Gasteiger partial charge on any atom is -0.377 e. The molecule has 3 unspecified atom stereocenters. The van der Waals surface area contributed by atoms with Gasteiger partial charge in [-0.2, -0.15) is 0 Å². The van der Waals surface area contributed by atoms with Crippen molar-refractivity contribution >= 4 is 16.9 Å². The van der Waals surface area contributed by atoms with E-state index in [1.165, 1.54) is 37.3 Å². The van der Waals surface area contributed by atoms with Gasteiger partial charge in [-0.3, -0.25) is 4.99 Å². The van der Waals surface area contributed by atoms with Crippen molar-refractivity contribution < 1.29 is 9.13 Å². The Hall–Kier alpha value is -2.08. The summed E-state index contributed by atoms with van der Waals surface area (Å²) < 4.78 is 19.4. The maximum atomic E-state index is 13.4. The molecule has 0 radical (unpaired) electrons. The van der Waals surface area contributed by atoms with Crippen LogP contribution in [0.1, 0.15) is 37.7 Å². The van der Waals surface area contributed by atoms with Crippen LogP contribution >= 0.6 is 0 Å². The van der Waals surface area contributed by atoms with Gasteiger partial charge < -0.3 is 20.4 Å². The average molecular weight is 384 g/mol. The molecule has 3 aliphatic rings. The van der Waals surface area contributed by atoms with Gasteiger partial charge in [0.2, 0.25) is 0 Å². The molecule has 1 aromatic heterocycles. The Kier molecular flexibility index (Phi) is 4.54. The van der Waals surface area contributed by atoms with E-state index >= 15 is 0 Å². The fourth-order valence-corrected chi connectivity index (χ4v) is 5.93. The minimum atomic E-state index is -0.209. The summed E-state index contributed by atoms with van der Waals surface area (Å²) in [6.45, 7) is 1.69. The number of halogens is 1. The molecule has 6 heteroatoms. The molecule has 28 heavy (non-hydrogen) atoms. The van der Waals surface area contributed by atoms with Gasteiger partial charge in [-0.1, -0.05) is 12.8 Å². The molecule has 3 atom stereocenters. The van der Waals surface area contributed by atoms with Gasteiger partial charge in [0.05, 0.1) is 6.10 Å². The topological polar surface area (TPSA) is 61.4 Å². The van der Waals surface area contributed by atoms with Crippen LogP contribution in [0.2, 0.25) is 0 Å². The standard InChI is InChI=1S/C22H29FN4O/c1-24-21(25-10-6-14-13-26-18-12-15(23)4-5-16(14)18)27-19-17-7-11-28-20(17)22(19)8-2-3-9-22/h4-5,12-13,17,19-20,26H,2-3,6-11H2,1H3,(H2,24,25,27). The predicted octanol–water partition coefficient (Wildman–Crippen LogP) is 3.36. The molecule has 3 N–H and O–H groups in total. The fraction of sp³-hybridized carbons (Fsp3) is 0.591. The molecule has 5 nitrogen and oxygen atoms in total. The highest BCUT2D eigenvalue weighted by atomic mass is 19.1. The number of rotatable bonds is 4. The molecule has 0 amide bonds. The number of nitrogens with one attached hydrogen (secondary N) is 3. The monoisotopic (exact) mass is 384 g/mol. The number of ether oxygens (including phenoxy) is 1. The van der Waals surface area contributed by atoms with Gasteiger partial charge >= 0.3 is 0 Å². The number of aromatic nitrogens is 1. The van der Waals surface area contributed by atoms with E-state index in [0.717, 1.165) is 42.9 Å². The first-order valence-corrected chi connectivity index (χ1v) is 10.6. The second kappa shape index (κ2) is 7.07. The Balaban J connectivity index is 1.21. The van der Waals surface area contributed by atoms with Crippen molar-refractivity contribution in [2.75, 3.05) is 20.2 Å². The maximum Gasteiger partial charge on any atom is 0.191 e. The first kappa shape index (κ1) is 18.0. The molecule has 1 spiro atoms. The van der Waals surface area contributed by atoms with Crippen molar-refractivity contribution in [3.63, 3.8) is 0 Å². The Morgan fingerprint density at radius 3 is 3.04 bits per heavy atom. The zero-order chi connectivity index (χ0) is 19.1. The van der Waals surface area contributed by atoms with E-state index < -0.39 is 0 Å². The SMILES string of the molecule is CN=C(NCCc1c[nH]c2cc(F)ccc12)NC1C2CCOC2C12CCCC2. The summed E-state index contributed by atoms with van der Waals surface area (Å²) in [5.41, 5.74) is 2.36. The third-order valence-electron chi connectivity index (χ3n) is 7.22. The number of fused-ring (bicyclic) bond motifs is 3. The number of hydrogen-bond donors (Lipinski definition) is 3. The largest absolute Gasteiger partial charge is 0.377 e. The van der Waals surface area contributed by atoms with E-state index in [1.807, 2.05) is 19.3 Å². The average Bonchev–Trinajstić information content (AvgIpc) is 3.43. The third kappa shape index (κ3) is 2.81. The number of nitrogens with zero attached hydrogens (tertiary/aromatic N) is 1. The molecular weight excluding hydrogens is 355 g/mol. The zero-order valence-electron chi connectivity index (χ0n) is 16.4. The Morgan fingerprint density at radius 2 is 2.21 bits per heavy atom. The number of guanidine groups is 1. The van der Waals surface area contributed by atoms with E-state index in [9.17, 15) is 4.39 Å². The maximum absolute atomic E-state index is 13.4. The Morgan fingerprint density at radius 1 is 1.36 bits per heavy atom. The lowest BCUT2D eigenvalue weighted by Crippen LogP contribution is -2.69. The van der Waals surface area contributed by atoms with E-state index in [2.05, 4.69) is 20.6 Å². The van der Waals surface area contributed by atoms with Crippen LogP contribution in [0, 0.1) is 17.2 Å². The highest BCUT2D eigenvalue weighted by Gasteiger charge is 2.65. The Labute approximate surface area is 165 Å². The summed E-state index contributed by atoms with van der Waals surface area (Å²) in [6.07, 6.45) is 9.63. The third-order valence-corrected chi connectivity index (χ3v) is 7.22. The van der Waals surface area contributed by atoms with Crippen LogP contribution in [-0.2, 0) is 11.2 Å². The van der Waals surface area contributed by atoms with Gasteiger partial charge in [-0.15, -0.1) is 0 Å². The first-order chi connectivity index (χ1) is 13.7. The number of aliphatic imine (C=N–C) groups is 1. The molecule has 3 fully saturated rings. The quantitative estimate of drug-likeness (QED) is 0.560. The van der Waals surface area contributed by atoms with E-state index in [4.69, 9.17) is 4.74 Å². The summed E-state index contributed by atoms with van der Waals surface area (Å²) in [5.74, 6) is 1.30. The van der Waals surface area contributed by atoms with Crippen LogP contribution in [-0.4, -0.2) is 43.3 Å². The van der Waals surface area contributed by atoms with E-state index in [0.29, 0.717) is 23.5 Å². The molecule has 1 aliphatic heterocycles. The van der Waals surface area contributed by atoms with Gasteiger partial charge in [-0.05, 0) is 49.4 Å². The second-order valence-electron chi connectivity index (χ2n) is 8.56. The molecule has 2 saturated carbocycles. The minimum absolute atomic E-state index is 0.209. The number of aromatic amines is 1. The van der Waals surface area contributed by atoms with Crippen LogP contribution in [0.5, 0.6) is 0 Å². The Bertz CT molecular complexity index is 886. The normalized spacial score (nSPS) is 28.5. The molecule has 2 aromatic rings. The molecule has 1 aromatic carbocycles. The molecule has 1 saturated heterocycles. The molecular formula is C22H29FN4O. The van der Waals surface area contributed by atoms with Crippen molar-refractivity contribution in [3.8, 4) is 0 Å². The lowest BCUT2D eigenvalue weighted by Gasteiger charge is -2.57. The summed E-state index contributed by atoms with van der Waals surface area (Å²) in [5, 5.41) is 8.30. The van der Waals surface area contributed by atoms with Crippen LogP contribution in [0.15, 0.2) is 29.4 Å².